The van der Waals surface area contributed by atoms with Gasteiger partial charge >= 0.3 is 0 Å². The zero-order valence-corrected chi connectivity index (χ0v) is 13.9. The lowest BCUT2D eigenvalue weighted by molar-refractivity contribution is -0.113. The van der Waals surface area contributed by atoms with E-state index in [9.17, 15) is 4.79 Å². The monoisotopic (exact) mass is 343 g/mol. The highest BCUT2D eigenvalue weighted by Gasteiger charge is 2.07. The summed E-state index contributed by atoms with van der Waals surface area (Å²) in [4.78, 5) is 20.0. The zero-order valence-electron chi connectivity index (χ0n) is 12.3. The second-order valence-electron chi connectivity index (χ2n) is 4.62. The summed E-state index contributed by atoms with van der Waals surface area (Å²) in [7, 11) is 0. The van der Waals surface area contributed by atoms with E-state index in [4.69, 9.17) is 0 Å². The predicted octanol–water partition coefficient (Wildman–Crippen LogP) is 3.03. The Morgan fingerprint density at radius 3 is 2.70 bits per heavy atom. The number of thiazole rings is 1. The number of pyridine rings is 1. The van der Waals surface area contributed by atoms with E-state index in [1.165, 1.54) is 23.1 Å². The summed E-state index contributed by atoms with van der Waals surface area (Å²) in [5.74, 6) is 0.159. The largest absolute Gasteiger partial charge is 0.301 e. The SMILES string of the molecule is Cc1csc(NC(=O)CSc2ccc(-c3ccncc3)nn2)n1. The maximum atomic E-state index is 11.9. The molecule has 0 atom stereocenters. The number of hydrogen-bond donors (Lipinski definition) is 1. The van der Waals surface area contributed by atoms with Crippen molar-refractivity contribution in [2.45, 2.75) is 11.9 Å². The molecule has 8 heteroatoms. The molecule has 0 aliphatic heterocycles. The molecule has 3 heterocycles. The van der Waals surface area contributed by atoms with Crippen molar-refractivity contribution in [3.63, 3.8) is 0 Å². The molecule has 116 valence electrons. The number of amides is 1. The topological polar surface area (TPSA) is 80.7 Å². The lowest BCUT2D eigenvalue weighted by atomic mass is 10.2. The average molecular weight is 343 g/mol. The molecule has 0 unspecified atom stereocenters. The average Bonchev–Trinajstić information content (AvgIpc) is 2.99. The van der Waals surface area contributed by atoms with E-state index in [0.29, 0.717) is 10.2 Å². The summed E-state index contributed by atoms with van der Waals surface area (Å²) in [6.07, 6.45) is 3.43. The maximum Gasteiger partial charge on any atom is 0.236 e. The van der Waals surface area contributed by atoms with Gasteiger partial charge in [0.2, 0.25) is 5.91 Å². The third-order valence-corrected chi connectivity index (χ3v) is 4.63. The van der Waals surface area contributed by atoms with Crippen LogP contribution in [-0.2, 0) is 4.79 Å². The first-order chi connectivity index (χ1) is 11.2. The van der Waals surface area contributed by atoms with Crippen LogP contribution in [0.4, 0.5) is 5.13 Å². The number of nitrogens with one attached hydrogen (secondary N) is 1. The number of rotatable bonds is 5. The van der Waals surface area contributed by atoms with Crippen molar-refractivity contribution < 1.29 is 4.79 Å². The summed E-state index contributed by atoms with van der Waals surface area (Å²) < 4.78 is 0. The fourth-order valence-corrected chi connectivity index (χ4v) is 3.10. The minimum Gasteiger partial charge on any atom is -0.301 e. The van der Waals surface area contributed by atoms with Crippen LogP contribution in [0.25, 0.3) is 11.3 Å². The van der Waals surface area contributed by atoms with Gasteiger partial charge in [0.1, 0.15) is 5.03 Å². The van der Waals surface area contributed by atoms with Gasteiger partial charge in [0.15, 0.2) is 5.13 Å². The highest BCUT2D eigenvalue weighted by Crippen LogP contribution is 2.20. The van der Waals surface area contributed by atoms with Crippen molar-refractivity contribution in [3.05, 3.63) is 47.7 Å². The van der Waals surface area contributed by atoms with E-state index in [-0.39, 0.29) is 11.7 Å². The number of nitrogens with zero attached hydrogens (tertiary/aromatic N) is 4. The third-order valence-electron chi connectivity index (χ3n) is 2.83. The van der Waals surface area contributed by atoms with Crippen molar-refractivity contribution in [2.24, 2.45) is 0 Å². The summed E-state index contributed by atoms with van der Waals surface area (Å²) in [5, 5.41) is 14.3. The first-order valence-corrected chi connectivity index (χ1v) is 8.66. The van der Waals surface area contributed by atoms with Gasteiger partial charge in [0.25, 0.3) is 0 Å². The molecule has 0 aromatic carbocycles. The first kappa shape index (κ1) is 15.6. The molecule has 3 aromatic heterocycles. The predicted molar refractivity (Wildman–Crippen MR) is 91.5 cm³/mol. The second kappa shape index (κ2) is 7.30. The minimum absolute atomic E-state index is 0.107. The van der Waals surface area contributed by atoms with Crippen LogP contribution in [-0.4, -0.2) is 31.8 Å². The van der Waals surface area contributed by atoms with E-state index < -0.39 is 0 Å². The molecule has 3 rings (SSSR count). The first-order valence-electron chi connectivity index (χ1n) is 6.79. The van der Waals surface area contributed by atoms with Gasteiger partial charge in [-0.2, -0.15) is 0 Å². The molecule has 0 radical (unpaired) electrons. The van der Waals surface area contributed by atoms with Crippen molar-refractivity contribution in [1.29, 1.82) is 0 Å². The molecule has 0 aliphatic carbocycles. The van der Waals surface area contributed by atoms with Crippen LogP contribution in [0.15, 0.2) is 47.1 Å². The van der Waals surface area contributed by atoms with Gasteiger partial charge in [-0.15, -0.1) is 21.5 Å². The van der Waals surface area contributed by atoms with Gasteiger partial charge in [-0.1, -0.05) is 11.8 Å². The lowest BCUT2D eigenvalue weighted by Gasteiger charge is -2.03. The zero-order chi connectivity index (χ0) is 16.1. The van der Waals surface area contributed by atoms with Gasteiger partial charge in [-0.3, -0.25) is 9.78 Å². The van der Waals surface area contributed by atoms with Crippen molar-refractivity contribution in [3.8, 4) is 11.3 Å². The minimum atomic E-state index is -0.107. The lowest BCUT2D eigenvalue weighted by Crippen LogP contribution is -2.14. The summed E-state index contributed by atoms with van der Waals surface area (Å²) in [6, 6.07) is 7.49. The van der Waals surface area contributed by atoms with Gasteiger partial charge in [-0.25, -0.2) is 4.98 Å². The molecule has 3 aromatic rings. The quantitative estimate of drug-likeness (QED) is 0.717. The molecule has 6 nitrogen and oxygen atoms in total. The van der Waals surface area contributed by atoms with Crippen LogP contribution >= 0.6 is 23.1 Å². The highest BCUT2D eigenvalue weighted by molar-refractivity contribution is 7.99. The smallest absolute Gasteiger partial charge is 0.236 e. The molecule has 0 aliphatic rings. The molecule has 0 bridgehead atoms. The Hall–Kier alpha value is -2.32. The third kappa shape index (κ3) is 4.33. The molecular formula is C15H13N5OS2. The van der Waals surface area contributed by atoms with Crippen LogP contribution in [0, 0.1) is 6.92 Å². The molecule has 23 heavy (non-hydrogen) atoms. The van der Waals surface area contributed by atoms with Gasteiger partial charge in [0.05, 0.1) is 17.1 Å². The molecular weight excluding hydrogens is 330 g/mol. The number of carbonyl (C=O) groups excluding carboxylic acids is 1. The summed E-state index contributed by atoms with van der Waals surface area (Å²) in [5.41, 5.74) is 2.64. The summed E-state index contributed by atoms with van der Waals surface area (Å²) in [6.45, 7) is 1.89. The van der Waals surface area contributed by atoms with E-state index >= 15 is 0 Å². The van der Waals surface area contributed by atoms with Crippen LogP contribution in [0.5, 0.6) is 0 Å². The van der Waals surface area contributed by atoms with E-state index in [2.05, 4.69) is 25.5 Å². The normalized spacial score (nSPS) is 10.5. The molecule has 1 amide bonds. The van der Waals surface area contributed by atoms with Crippen LogP contribution < -0.4 is 5.32 Å². The van der Waals surface area contributed by atoms with Crippen LogP contribution in [0.1, 0.15) is 5.69 Å². The Kier molecular flexibility index (Phi) is 4.94. The molecule has 0 spiro atoms. The Morgan fingerprint density at radius 2 is 2.04 bits per heavy atom. The number of hydrogen-bond acceptors (Lipinski definition) is 7. The van der Waals surface area contributed by atoms with E-state index in [1.807, 2.05) is 36.6 Å². The Labute approximate surface area is 141 Å². The number of aromatic nitrogens is 4. The maximum absolute atomic E-state index is 11.9. The molecule has 1 N–H and O–H groups in total. The molecule has 0 saturated carbocycles. The van der Waals surface area contributed by atoms with Crippen LogP contribution in [0.2, 0.25) is 0 Å². The number of thioether (sulfide) groups is 1. The Bertz CT molecular complexity index is 789. The Balaban J connectivity index is 1.55. The number of aryl methyl sites for hydroxylation is 1. The fourth-order valence-electron chi connectivity index (χ4n) is 1.78. The van der Waals surface area contributed by atoms with E-state index in [0.717, 1.165) is 17.0 Å². The molecule has 0 saturated heterocycles. The number of anilines is 1. The summed E-state index contributed by atoms with van der Waals surface area (Å²) >= 11 is 2.75. The Morgan fingerprint density at radius 1 is 1.22 bits per heavy atom. The highest BCUT2D eigenvalue weighted by atomic mass is 32.2. The van der Waals surface area contributed by atoms with Gasteiger partial charge in [-0.05, 0) is 31.2 Å². The number of carbonyl (C=O) groups is 1. The van der Waals surface area contributed by atoms with Gasteiger partial charge < -0.3 is 5.32 Å². The fraction of sp³-hybridized carbons (Fsp3) is 0.133. The standard InChI is InChI=1S/C15H13N5OS2/c1-10-8-23-15(17-10)18-13(21)9-22-14-3-2-12(19-20-14)11-4-6-16-7-5-11/h2-8H,9H2,1H3,(H,17,18,21). The van der Waals surface area contributed by atoms with Crippen molar-refractivity contribution in [2.75, 3.05) is 11.1 Å². The van der Waals surface area contributed by atoms with Crippen molar-refractivity contribution in [1.82, 2.24) is 20.2 Å². The molecule has 0 fully saturated rings. The van der Waals surface area contributed by atoms with Crippen molar-refractivity contribution >= 4 is 34.1 Å². The van der Waals surface area contributed by atoms with Gasteiger partial charge in [0, 0.05) is 23.3 Å². The van der Waals surface area contributed by atoms with E-state index in [1.54, 1.807) is 12.4 Å². The van der Waals surface area contributed by atoms with Crippen LogP contribution in [0.3, 0.4) is 0 Å². The second-order valence-corrected chi connectivity index (χ2v) is 6.48.